The van der Waals surface area contributed by atoms with Crippen LogP contribution in [0.15, 0.2) is 36.4 Å². The molecular weight excluding hydrogens is 291 g/mol. The molecule has 0 amide bonds. The molecule has 0 aliphatic carbocycles. The van der Waals surface area contributed by atoms with Crippen LogP contribution in [0, 0.1) is 6.92 Å². The number of alkyl halides is 1. The van der Waals surface area contributed by atoms with Crippen molar-refractivity contribution in [2.75, 3.05) is 0 Å². The SMILES string of the molecule is Cc1cc(Cl)c(C(C)C)cc1Oc1ccccc1CCl. The van der Waals surface area contributed by atoms with E-state index in [0.29, 0.717) is 11.8 Å². The van der Waals surface area contributed by atoms with Crippen molar-refractivity contribution in [2.45, 2.75) is 32.6 Å². The number of halogens is 2. The van der Waals surface area contributed by atoms with Crippen molar-refractivity contribution in [1.82, 2.24) is 0 Å². The van der Waals surface area contributed by atoms with E-state index in [1.807, 2.05) is 43.3 Å². The highest BCUT2D eigenvalue weighted by molar-refractivity contribution is 6.31. The van der Waals surface area contributed by atoms with Gasteiger partial charge in [-0.15, -0.1) is 11.6 Å². The maximum absolute atomic E-state index is 6.28. The van der Waals surface area contributed by atoms with Crippen LogP contribution in [0.2, 0.25) is 5.02 Å². The zero-order chi connectivity index (χ0) is 14.7. The monoisotopic (exact) mass is 308 g/mol. The molecule has 2 aromatic carbocycles. The van der Waals surface area contributed by atoms with E-state index in [1.54, 1.807) is 0 Å². The summed E-state index contributed by atoms with van der Waals surface area (Å²) in [7, 11) is 0. The third kappa shape index (κ3) is 3.28. The zero-order valence-electron chi connectivity index (χ0n) is 11.9. The van der Waals surface area contributed by atoms with E-state index in [-0.39, 0.29) is 0 Å². The lowest BCUT2D eigenvalue weighted by atomic mass is 10.0. The Labute approximate surface area is 130 Å². The first-order valence-electron chi connectivity index (χ1n) is 6.64. The zero-order valence-corrected chi connectivity index (χ0v) is 13.4. The molecule has 0 N–H and O–H groups in total. The van der Waals surface area contributed by atoms with Crippen LogP contribution in [0.3, 0.4) is 0 Å². The van der Waals surface area contributed by atoms with Gasteiger partial charge in [-0.05, 0) is 42.2 Å². The first-order chi connectivity index (χ1) is 9.52. The number of para-hydroxylation sites is 1. The van der Waals surface area contributed by atoms with Gasteiger partial charge in [0.1, 0.15) is 11.5 Å². The Bertz CT molecular complexity index is 606. The standard InChI is InChI=1S/C17H18Cl2O/c1-11(2)14-9-17(12(3)8-15(14)19)20-16-7-5-4-6-13(16)10-18/h4-9,11H,10H2,1-3H3. The Morgan fingerprint density at radius 2 is 1.80 bits per heavy atom. The Balaban J connectivity index is 2.40. The summed E-state index contributed by atoms with van der Waals surface area (Å²) < 4.78 is 6.03. The summed E-state index contributed by atoms with van der Waals surface area (Å²) in [6.07, 6.45) is 0. The van der Waals surface area contributed by atoms with Gasteiger partial charge in [-0.25, -0.2) is 0 Å². The molecule has 0 saturated heterocycles. The van der Waals surface area contributed by atoms with Crippen LogP contribution in [-0.2, 0) is 5.88 Å². The van der Waals surface area contributed by atoms with E-state index >= 15 is 0 Å². The third-order valence-electron chi connectivity index (χ3n) is 3.25. The summed E-state index contributed by atoms with van der Waals surface area (Å²) >= 11 is 12.2. The highest BCUT2D eigenvalue weighted by Gasteiger charge is 2.12. The van der Waals surface area contributed by atoms with E-state index in [1.165, 1.54) is 0 Å². The summed E-state index contributed by atoms with van der Waals surface area (Å²) in [5.41, 5.74) is 3.09. The molecule has 0 atom stereocenters. The lowest BCUT2D eigenvalue weighted by Gasteiger charge is -2.15. The number of hydrogen-bond acceptors (Lipinski definition) is 1. The first-order valence-corrected chi connectivity index (χ1v) is 7.56. The van der Waals surface area contributed by atoms with Crippen LogP contribution in [0.1, 0.15) is 36.5 Å². The average Bonchev–Trinajstić information content (AvgIpc) is 2.42. The fourth-order valence-electron chi connectivity index (χ4n) is 2.05. The molecule has 2 aromatic rings. The Morgan fingerprint density at radius 3 is 2.45 bits per heavy atom. The highest BCUT2D eigenvalue weighted by Crippen LogP contribution is 2.35. The number of benzene rings is 2. The quantitative estimate of drug-likeness (QED) is 0.602. The second-order valence-corrected chi connectivity index (χ2v) is 5.81. The minimum atomic E-state index is 0.355. The minimum Gasteiger partial charge on any atom is -0.457 e. The molecular formula is C17H18Cl2O. The maximum Gasteiger partial charge on any atom is 0.131 e. The van der Waals surface area contributed by atoms with Gasteiger partial charge in [0.15, 0.2) is 0 Å². The Hall–Kier alpha value is -1.18. The normalized spacial score (nSPS) is 10.9. The molecule has 0 aliphatic heterocycles. The van der Waals surface area contributed by atoms with E-state index in [9.17, 15) is 0 Å². The molecule has 1 nitrogen and oxygen atoms in total. The van der Waals surface area contributed by atoms with E-state index in [2.05, 4.69) is 13.8 Å². The van der Waals surface area contributed by atoms with E-state index < -0.39 is 0 Å². The topological polar surface area (TPSA) is 9.23 Å². The molecule has 0 bridgehead atoms. The molecule has 0 saturated carbocycles. The molecule has 0 spiro atoms. The lowest BCUT2D eigenvalue weighted by Crippen LogP contribution is -1.95. The lowest BCUT2D eigenvalue weighted by molar-refractivity contribution is 0.473. The predicted octanol–water partition coefficient (Wildman–Crippen LogP) is 6.30. The highest BCUT2D eigenvalue weighted by atomic mass is 35.5. The number of aryl methyl sites for hydroxylation is 1. The summed E-state index contributed by atoms with van der Waals surface area (Å²) in [6.45, 7) is 6.23. The summed E-state index contributed by atoms with van der Waals surface area (Å²) in [5.74, 6) is 2.41. The van der Waals surface area contributed by atoms with Gasteiger partial charge in [-0.2, -0.15) is 0 Å². The Kier molecular flexibility index (Phi) is 4.95. The minimum absolute atomic E-state index is 0.355. The molecule has 2 rings (SSSR count). The fourth-order valence-corrected chi connectivity index (χ4v) is 2.71. The van der Waals surface area contributed by atoms with Gasteiger partial charge < -0.3 is 4.74 Å². The predicted molar refractivity (Wildman–Crippen MR) is 86.4 cm³/mol. The molecule has 0 radical (unpaired) electrons. The van der Waals surface area contributed by atoms with Crippen molar-refractivity contribution < 1.29 is 4.74 Å². The van der Waals surface area contributed by atoms with Gasteiger partial charge in [0.2, 0.25) is 0 Å². The van der Waals surface area contributed by atoms with Gasteiger partial charge in [-0.3, -0.25) is 0 Å². The van der Waals surface area contributed by atoms with Crippen molar-refractivity contribution in [2.24, 2.45) is 0 Å². The number of ether oxygens (including phenoxy) is 1. The van der Waals surface area contributed by atoms with Crippen molar-refractivity contribution >= 4 is 23.2 Å². The van der Waals surface area contributed by atoms with Crippen LogP contribution in [0.25, 0.3) is 0 Å². The van der Waals surface area contributed by atoms with Crippen LogP contribution < -0.4 is 4.74 Å². The van der Waals surface area contributed by atoms with Gasteiger partial charge in [0, 0.05) is 10.6 Å². The molecule has 20 heavy (non-hydrogen) atoms. The van der Waals surface area contributed by atoms with E-state index in [4.69, 9.17) is 27.9 Å². The van der Waals surface area contributed by atoms with Crippen molar-refractivity contribution in [1.29, 1.82) is 0 Å². The number of rotatable bonds is 4. The Morgan fingerprint density at radius 1 is 1.10 bits per heavy atom. The second kappa shape index (κ2) is 6.51. The summed E-state index contributed by atoms with van der Waals surface area (Å²) in [4.78, 5) is 0. The number of hydrogen-bond donors (Lipinski definition) is 0. The largest absolute Gasteiger partial charge is 0.457 e. The fraction of sp³-hybridized carbons (Fsp3) is 0.294. The molecule has 0 aromatic heterocycles. The summed E-state index contributed by atoms with van der Waals surface area (Å²) in [5, 5.41) is 0.787. The van der Waals surface area contributed by atoms with Crippen molar-refractivity contribution in [3.63, 3.8) is 0 Å². The molecule has 0 unspecified atom stereocenters. The van der Waals surface area contributed by atoms with Gasteiger partial charge in [0.05, 0.1) is 5.88 Å². The van der Waals surface area contributed by atoms with E-state index in [0.717, 1.165) is 33.2 Å². The van der Waals surface area contributed by atoms with Crippen LogP contribution in [0.5, 0.6) is 11.5 Å². The van der Waals surface area contributed by atoms with Crippen LogP contribution in [0.4, 0.5) is 0 Å². The van der Waals surface area contributed by atoms with Crippen LogP contribution >= 0.6 is 23.2 Å². The second-order valence-electron chi connectivity index (χ2n) is 5.14. The van der Waals surface area contributed by atoms with Gasteiger partial charge in [0.25, 0.3) is 0 Å². The average molecular weight is 309 g/mol. The molecule has 0 aliphatic rings. The molecule has 0 heterocycles. The third-order valence-corrected chi connectivity index (χ3v) is 3.87. The maximum atomic E-state index is 6.28. The molecule has 106 valence electrons. The molecule has 0 fully saturated rings. The van der Waals surface area contributed by atoms with Gasteiger partial charge in [-0.1, -0.05) is 43.6 Å². The smallest absolute Gasteiger partial charge is 0.131 e. The van der Waals surface area contributed by atoms with Crippen molar-refractivity contribution in [3.8, 4) is 11.5 Å². The van der Waals surface area contributed by atoms with Gasteiger partial charge >= 0.3 is 0 Å². The first kappa shape index (κ1) is 15.2. The van der Waals surface area contributed by atoms with Crippen molar-refractivity contribution in [3.05, 3.63) is 58.1 Å². The summed E-state index contributed by atoms with van der Waals surface area (Å²) in [6, 6.07) is 11.8. The molecule has 3 heteroatoms. The van der Waals surface area contributed by atoms with Crippen LogP contribution in [-0.4, -0.2) is 0 Å².